The average Bonchev–Trinajstić information content (AvgIpc) is 3.63. The van der Waals surface area contributed by atoms with Crippen LogP contribution >= 0.6 is 35.9 Å². The van der Waals surface area contributed by atoms with Crippen LogP contribution in [0.2, 0.25) is 0 Å². The van der Waals surface area contributed by atoms with Gasteiger partial charge in [0.1, 0.15) is 0 Å². The van der Waals surface area contributed by atoms with E-state index < -0.39 is 0 Å². The fraction of sp³-hybridized carbons (Fsp3) is 0.400. The Morgan fingerprint density at radius 2 is 1.43 bits per heavy atom. The molecule has 0 aromatic heterocycles. The second-order valence-electron chi connectivity index (χ2n) is 6.84. The second kappa shape index (κ2) is 8.56. The van der Waals surface area contributed by atoms with Crippen LogP contribution in [0.25, 0.3) is 11.1 Å². The van der Waals surface area contributed by atoms with E-state index in [-0.39, 0.29) is 12.2 Å². The number of rotatable bonds is 9. The van der Waals surface area contributed by atoms with Gasteiger partial charge in [-0.05, 0) is 35.4 Å². The van der Waals surface area contributed by atoms with Crippen LogP contribution in [0.1, 0.15) is 11.1 Å². The highest BCUT2D eigenvalue weighted by Gasteiger charge is 2.28. The fourth-order valence-electron chi connectivity index (χ4n) is 3.37. The molecule has 2 aromatic carbocycles. The molecule has 0 N–H and O–H groups in total. The molecule has 2 heterocycles. The second-order valence-corrected chi connectivity index (χ2v) is 7.46. The minimum atomic E-state index is 0.257. The molecule has 0 saturated carbocycles. The zero-order valence-electron chi connectivity index (χ0n) is 15.6. The first kappa shape index (κ1) is 19.9. The molecule has 2 aliphatic rings. The lowest BCUT2D eigenvalue weighted by molar-refractivity contribution is 0.355. The van der Waals surface area contributed by atoms with Crippen molar-refractivity contribution >= 4 is 35.9 Å². The Morgan fingerprint density at radius 1 is 0.893 bits per heavy atom. The summed E-state index contributed by atoms with van der Waals surface area (Å²) in [4.78, 5) is 0. The molecule has 0 radical (unpaired) electrons. The van der Waals surface area contributed by atoms with Crippen molar-refractivity contribution in [3.63, 3.8) is 0 Å². The minimum Gasteiger partial charge on any atom is -0.493 e. The van der Waals surface area contributed by atoms with Crippen LogP contribution in [0.3, 0.4) is 0 Å². The van der Waals surface area contributed by atoms with Gasteiger partial charge < -0.3 is 26.2 Å². The number of thiol groups is 1. The molecule has 8 heteroatoms. The van der Waals surface area contributed by atoms with Gasteiger partial charge in [0.15, 0.2) is 46.0 Å². The lowest BCUT2D eigenvalue weighted by atomic mass is 9.95. The normalized spacial score (nSPS) is 19.9. The van der Waals surface area contributed by atoms with Crippen LogP contribution in [0.15, 0.2) is 24.3 Å². The van der Waals surface area contributed by atoms with Crippen LogP contribution in [-0.2, 0) is 22.3 Å². The molecule has 2 fully saturated rings. The van der Waals surface area contributed by atoms with Gasteiger partial charge in [-0.15, -0.1) is 0 Å². The van der Waals surface area contributed by atoms with E-state index in [1.165, 1.54) is 0 Å². The molecule has 0 aliphatic carbocycles. The van der Waals surface area contributed by atoms with Crippen LogP contribution < -0.4 is 16.7 Å². The van der Waals surface area contributed by atoms with Crippen LogP contribution in [-0.4, -0.2) is 39.6 Å². The van der Waals surface area contributed by atoms with Crippen molar-refractivity contribution in [2.45, 2.75) is 25.0 Å². The van der Waals surface area contributed by atoms with Crippen molar-refractivity contribution in [1.82, 2.24) is 0 Å². The molecule has 28 heavy (non-hydrogen) atoms. The number of halogens is 1. The van der Waals surface area contributed by atoms with E-state index in [1.54, 1.807) is 14.2 Å². The van der Waals surface area contributed by atoms with E-state index in [0.717, 1.165) is 48.3 Å². The summed E-state index contributed by atoms with van der Waals surface area (Å²) in [6.07, 6.45) is 2.14. The predicted molar refractivity (Wildman–Crippen MR) is 116 cm³/mol. The monoisotopic (exact) mass is 516 g/mol. The van der Waals surface area contributed by atoms with Crippen molar-refractivity contribution in [3.05, 3.63) is 35.4 Å². The summed E-state index contributed by atoms with van der Waals surface area (Å²) < 4.78 is 33.0. The van der Waals surface area contributed by atoms with Gasteiger partial charge in [0.25, 0.3) is 0 Å². The number of hydrogen-bond donors (Lipinski definition) is 1. The molecular formula is C20H21IO6S. The molecule has 2 unspecified atom stereocenters. The summed E-state index contributed by atoms with van der Waals surface area (Å²) in [5.41, 5.74) is 3.88. The van der Waals surface area contributed by atoms with Crippen LogP contribution in [0.4, 0.5) is 0 Å². The smallest absolute Gasteiger partial charge is 0.192 e. The van der Waals surface area contributed by atoms with Gasteiger partial charge in [-0.2, -0.15) is 0 Å². The summed E-state index contributed by atoms with van der Waals surface area (Å²) in [6.45, 7) is 1.58. The average molecular weight is 516 g/mol. The quantitative estimate of drug-likeness (QED) is 0.233. The van der Waals surface area contributed by atoms with Gasteiger partial charge in [0.2, 0.25) is 0 Å². The number of epoxide rings is 2. The molecule has 2 atom stereocenters. The first-order valence-electron chi connectivity index (χ1n) is 8.92. The Morgan fingerprint density at radius 3 is 1.86 bits per heavy atom. The third kappa shape index (κ3) is 4.29. The number of hydrogen-bond acceptors (Lipinski definition) is 7. The number of methoxy groups -OCH3 is 2. The van der Waals surface area contributed by atoms with Gasteiger partial charge in [0.05, 0.1) is 39.6 Å². The molecule has 2 aromatic rings. The SMILES string of the molecule is COc1cc(CC2CO2)cc(-c2cc(CC3CO3)cc(OI)c2OS)c1OC. The van der Waals surface area contributed by atoms with E-state index in [1.807, 2.05) is 35.1 Å². The third-order valence-electron chi connectivity index (χ3n) is 4.85. The van der Waals surface area contributed by atoms with Gasteiger partial charge in [0, 0.05) is 36.9 Å². The van der Waals surface area contributed by atoms with Crippen molar-refractivity contribution in [2.24, 2.45) is 0 Å². The molecule has 4 rings (SSSR count). The first-order valence-corrected chi connectivity index (χ1v) is 10.2. The molecule has 0 bridgehead atoms. The standard InChI is InChI=1S/C20H21IO6S/c1-22-17-7-11(3-13-9-24-13)5-15(19(17)23-2)16-6-12(4-14-10-25-14)8-18(26-21)20(16)27-28/h5-8,13-14,28H,3-4,9-10H2,1-2H3. The molecule has 0 spiro atoms. The van der Waals surface area contributed by atoms with Gasteiger partial charge in [-0.3, -0.25) is 0 Å². The van der Waals surface area contributed by atoms with E-state index in [9.17, 15) is 0 Å². The molecule has 0 amide bonds. The van der Waals surface area contributed by atoms with Crippen molar-refractivity contribution in [2.75, 3.05) is 27.4 Å². The topological polar surface area (TPSA) is 62.0 Å². The van der Waals surface area contributed by atoms with Crippen molar-refractivity contribution < 1.29 is 26.2 Å². The highest BCUT2D eigenvalue weighted by Crippen LogP contribution is 2.48. The molecule has 150 valence electrons. The van der Waals surface area contributed by atoms with Gasteiger partial charge in [-0.1, -0.05) is 0 Å². The van der Waals surface area contributed by atoms with E-state index in [4.69, 9.17) is 26.2 Å². The first-order chi connectivity index (χ1) is 13.7. The van der Waals surface area contributed by atoms with E-state index in [0.29, 0.717) is 23.0 Å². The maximum Gasteiger partial charge on any atom is 0.192 e. The summed E-state index contributed by atoms with van der Waals surface area (Å²) in [7, 11) is 3.26. The maximum atomic E-state index is 5.70. The highest BCUT2D eigenvalue weighted by molar-refractivity contribution is 14.1. The zero-order chi connectivity index (χ0) is 19.7. The van der Waals surface area contributed by atoms with Gasteiger partial charge >= 0.3 is 0 Å². The lowest BCUT2D eigenvalue weighted by Gasteiger charge is -2.18. The van der Waals surface area contributed by atoms with Gasteiger partial charge in [-0.25, -0.2) is 0 Å². The summed E-state index contributed by atoms with van der Waals surface area (Å²) in [5, 5.41) is 0. The summed E-state index contributed by atoms with van der Waals surface area (Å²) in [5.74, 6) is 2.42. The van der Waals surface area contributed by atoms with Crippen LogP contribution in [0, 0.1) is 0 Å². The largest absolute Gasteiger partial charge is 0.493 e. The predicted octanol–water partition coefficient (Wildman–Crippen LogP) is 4.21. The Balaban J connectivity index is 1.87. The lowest BCUT2D eigenvalue weighted by Crippen LogP contribution is -2.01. The Bertz CT molecular complexity index is 795. The van der Waals surface area contributed by atoms with Crippen LogP contribution in [0.5, 0.6) is 23.0 Å². The fourth-order valence-corrected chi connectivity index (χ4v) is 3.88. The third-order valence-corrected chi connectivity index (χ3v) is 5.51. The molecule has 2 saturated heterocycles. The Labute approximate surface area is 183 Å². The van der Waals surface area contributed by atoms with E-state index >= 15 is 0 Å². The molecule has 6 nitrogen and oxygen atoms in total. The Kier molecular flexibility index (Phi) is 6.10. The summed E-state index contributed by atoms with van der Waals surface area (Å²) >= 11 is 5.92. The van der Waals surface area contributed by atoms with E-state index in [2.05, 4.69) is 25.0 Å². The van der Waals surface area contributed by atoms with Crippen molar-refractivity contribution in [1.29, 1.82) is 0 Å². The highest BCUT2D eigenvalue weighted by atomic mass is 127. The zero-order valence-corrected chi connectivity index (χ0v) is 18.6. The molecule has 2 aliphatic heterocycles. The number of ether oxygens (including phenoxy) is 4. The minimum absolute atomic E-state index is 0.257. The summed E-state index contributed by atoms with van der Waals surface area (Å²) in [6, 6.07) is 8.10. The molecular weight excluding hydrogens is 495 g/mol. The maximum absolute atomic E-state index is 5.70. The Hall–Kier alpha value is -1.36. The van der Waals surface area contributed by atoms with Crippen molar-refractivity contribution in [3.8, 4) is 34.1 Å². The number of benzene rings is 2.